The third-order valence-electron chi connectivity index (χ3n) is 5.02. The molecule has 1 aliphatic heterocycles. The van der Waals surface area contributed by atoms with Crippen molar-refractivity contribution >= 4 is 11.9 Å². The standard InChI is InChI=1S/C21H27N3O3/c1-5-27-21(26)19-11-22-24(16(19)4)18-8-6-17(7-9-18)20(25)23-12-14(2)10-15(3)13-23/h6-9,11,14-15H,5,10,12-13H2,1-4H3. The minimum atomic E-state index is -0.374. The topological polar surface area (TPSA) is 64.4 Å². The number of hydrogen-bond donors (Lipinski definition) is 0. The summed E-state index contributed by atoms with van der Waals surface area (Å²) in [5.74, 6) is 0.765. The summed E-state index contributed by atoms with van der Waals surface area (Å²) in [5, 5.41) is 4.29. The summed E-state index contributed by atoms with van der Waals surface area (Å²) in [6.07, 6.45) is 2.69. The van der Waals surface area contributed by atoms with E-state index in [1.54, 1.807) is 11.6 Å². The molecule has 1 aromatic carbocycles. The third-order valence-corrected chi connectivity index (χ3v) is 5.02. The summed E-state index contributed by atoms with van der Waals surface area (Å²) >= 11 is 0. The molecule has 1 fully saturated rings. The Morgan fingerprint density at radius 3 is 2.37 bits per heavy atom. The van der Waals surface area contributed by atoms with E-state index in [2.05, 4.69) is 18.9 Å². The molecule has 6 nitrogen and oxygen atoms in total. The second-order valence-electron chi connectivity index (χ2n) is 7.48. The lowest BCUT2D eigenvalue weighted by Gasteiger charge is -2.35. The van der Waals surface area contributed by atoms with Crippen molar-refractivity contribution in [3.05, 3.63) is 47.3 Å². The van der Waals surface area contributed by atoms with Crippen molar-refractivity contribution in [1.29, 1.82) is 0 Å². The summed E-state index contributed by atoms with van der Waals surface area (Å²) in [5.41, 5.74) is 2.65. The smallest absolute Gasteiger partial charge is 0.341 e. The first-order valence-corrected chi connectivity index (χ1v) is 9.52. The molecule has 0 N–H and O–H groups in total. The number of hydrogen-bond acceptors (Lipinski definition) is 4. The van der Waals surface area contributed by atoms with Crippen LogP contribution in [-0.2, 0) is 4.74 Å². The highest BCUT2D eigenvalue weighted by molar-refractivity contribution is 5.94. The fourth-order valence-corrected chi connectivity index (χ4v) is 3.84. The number of carbonyl (C=O) groups excluding carboxylic acids is 2. The van der Waals surface area contributed by atoms with Gasteiger partial charge in [0.1, 0.15) is 5.56 Å². The molecule has 6 heteroatoms. The Hall–Kier alpha value is -2.63. The van der Waals surface area contributed by atoms with Gasteiger partial charge in [0.2, 0.25) is 0 Å². The van der Waals surface area contributed by atoms with E-state index in [-0.39, 0.29) is 11.9 Å². The largest absolute Gasteiger partial charge is 0.462 e. The second kappa shape index (κ2) is 7.94. The number of likely N-dealkylation sites (tertiary alicyclic amines) is 1. The van der Waals surface area contributed by atoms with Crippen LogP contribution in [0.3, 0.4) is 0 Å². The average Bonchev–Trinajstić information content (AvgIpc) is 3.02. The van der Waals surface area contributed by atoms with Gasteiger partial charge in [0.25, 0.3) is 5.91 Å². The van der Waals surface area contributed by atoms with Crippen LogP contribution in [0.5, 0.6) is 0 Å². The van der Waals surface area contributed by atoms with Gasteiger partial charge in [-0.05, 0) is 56.4 Å². The zero-order valence-corrected chi connectivity index (χ0v) is 16.4. The van der Waals surface area contributed by atoms with Gasteiger partial charge in [0.15, 0.2) is 0 Å². The Morgan fingerprint density at radius 2 is 1.78 bits per heavy atom. The Bertz CT molecular complexity index is 816. The van der Waals surface area contributed by atoms with Gasteiger partial charge in [-0.3, -0.25) is 4.79 Å². The summed E-state index contributed by atoms with van der Waals surface area (Å²) in [4.78, 5) is 26.7. The van der Waals surface area contributed by atoms with E-state index in [1.807, 2.05) is 36.1 Å². The summed E-state index contributed by atoms with van der Waals surface area (Å²) < 4.78 is 6.74. The van der Waals surface area contributed by atoms with Crippen LogP contribution < -0.4 is 0 Å². The number of benzene rings is 1. The minimum absolute atomic E-state index is 0.0735. The predicted molar refractivity (Wildman–Crippen MR) is 103 cm³/mol. The zero-order chi connectivity index (χ0) is 19.6. The average molecular weight is 369 g/mol. The molecule has 0 spiro atoms. The van der Waals surface area contributed by atoms with Gasteiger partial charge < -0.3 is 9.64 Å². The van der Waals surface area contributed by atoms with E-state index < -0.39 is 0 Å². The lowest BCUT2D eigenvalue weighted by atomic mass is 9.91. The normalized spacial score (nSPS) is 19.8. The maximum Gasteiger partial charge on any atom is 0.341 e. The number of esters is 1. The van der Waals surface area contributed by atoms with E-state index >= 15 is 0 Å². The summed E-state index contributed by atoms with van der Waals surface area (Å²) in [6, 6.07) is 7.37. The highest BCUT2D eigenvalue weighted by Crippen LogP contribution is 2.23. The van der Waals surface area contributed by atoms with Crippen LogP contribution >= 0.6 is 0 Å². The van der Waals surface area contributed by atoms with E-state index in [0.29, 0.717) is 35.3 Å². The van der Waals surface area contributed by atoms with Crippen LogP contribution in [-0.4, -0.2) is 46.3 Å². The number of nitrogens with zero attached hydrogens (tertiary/aromatic N) is 3. The second-order valence-corrected chi connectivity index (χ2v) is 7.48. The van der Waals surface area contributed by atoms with Gasteiger partial charge in [-0.25, -0.2) is 9.48 Å². The highest BCUT2D eigenvalue weighted by atomic mass is 16.5. The molecule has 3 rings (SSSR count). The summed E-state index contributed by atoms with van der Waals surface area (Å²) in [7, 11) is 0. The summed E-state index contributed by atoms with van der Waals surface area (Å²) in [6.45, 7) is 9.94. The fraction of sp³-hybridized carbons (Fsp3) is 0.476. The van der Waals surface area contributed by atoms with Crippen molar-refractivity contribution in [2.24, 2.45) is 11.8 Å². The van der Waals surface area contributed by atoms with E-state index in [0.717, 1.165) is 18.8 Å². The van der Waals surface area contributed by atoms with Crippen LogP contribution in [0.1, 0.15) is 53.6 Å². The SMILES string of the molecule is CCOC(=O)c1cnn(-c2ccc(C(=O)N3CC(C)CC(C)C3)cc2)c1C. The molecule has 27 heavy (non-hydrogen) atoms. The molecule has 0 aliphatic carbocycles. The first kappa shape index (κ1) is 19.1. The van der Waals surface area contributed by atoms with Crippen LogP contribution in [0, 0.1) is 18.8 Å². The van der Waals surface area contributed by atoms with Gasteiger partial charge in [-0.1, -0.05) is 13.8 Å². The Labute approximate surface area is 160 Å². The van der Waals surface area contributed by atoms with Gasteiger partial charge >= 0.3 is 5.97 Å². The maximum absolute atomic E-state index is 12.8. The van der Waals surface area contributed by atoms with Crippen LogP contribution in [0.4, 0.5) is 0 Å². The fourth-order valence-electron chi connectivity index (χ4n) is 3.84. The molecule has 2 heterocycles. The Morgan fingerprint density at radius 1 is 1.15 bits per heavy atom. The first-order chi connectivity index (χ1) is 12.9. The van der Waals surface area contributed by atoms with E-state index in [9.17, 15) is 9.59 Å². The zero-order valence-electron chi connectivity index (χ0n) is 16.4. The van der Waals surface area contributed by atoms with Crippen molar-refractivity contribution in [1.82, 2.24) is 14.7 Å². The third kappa shape index (κ3) is 4.04. The van der Waals surface area contributed by atoms with Crippen LogP contribution in [0.15, 0.2) is 30.5 Å². The minimum Gasteiger partial charge on any atom is -0.462 e. The number of ether oxygens (including phenoxy) is 1. The number of carbonyl (C=O) groups is 2. The van der Waals surface area contributed by atoms with Crippen molar-refractivity contribution in [3.8, 4) is 5.69 Å². The Balaban J connectivity index is 1.78. The molecule has 2 aromatic rings. The van der Waals surface area contributed by atoms with Crippen LogP contribution in [0.25, 0.3) is 5.69 Å². The molecule has 0 saturated carbocycles. The lowest BCUT2D eigenvalue weighted by molar-refractivity contribution is 0.0525. The first-order valence-electron chi connectivity index (χ1n) is 9.52. The van der Waals surface area contributed by atoms with Crippen LogP contribution in [0.2, 0.25) is 0 Å². The monoisotopic (exact) mass is 369 g/mol. The van der Waals surface area contributed by atoms with Crippen molar-refractivity contribution in [2.75, 3.05) is 19.7 Å². The predicted octanol–water partition coefficient (Wildman–Crippen LogP) is 3.48. The van der Waals surface area contributed by atoms with Gasteiger partial charge in [-0.2, -0.15) is 5.10 Å². The molecule has 2 unspecified atom stereocenters. The highest BCUT2D eigenvalue weighted by Gasteiger charge is 2.26. The molecule has 0 bridgehead atoms. The van der Waals surface area contributed by atoms with Crippen molar-refractivity contribution < 1.29 is 14.3 Å². The number of rotatable bonds is 4. The van der Waals surface area contributed by atoms with E-state index in [4.69, 9.17) is 4.74 Å². The van der Waals surface area contributed by atoms with Crippen molar-refractivity contribution in [2.45, 2.75) is 34.1 Å². The number of aromatic nitrogens is 2. The quantitative estimate of drug-likeness (QED) is 0.774. The molecule has 1 saturated heterocycles. The van der Waals surface area contributed by atoms with E-state index in [1.165, 1.54) is 12.6 Å². The molecule has 1 amide bonds. The molecule has 144 valence electrons. The lowest BCUT2D eigenvalue weighted by Crippen LogP contribution is -2.42. The molecular formula is C21H27N3O3. The molecule has 2 atom stereocenters. The molecular weight excluding hydrogens is 342 g/mol. The number of piperidine rings is 1. The number of amides is 1. The molecule has 1 aliphatic rings. The van der Waals surface area contributed by atoms with Gasteiger partial charge in [0, 0.05) is 18.7 Å². The van der Waals surface area contributed by atoms with Gasteiger partial charge in [-0.15, -0.1) is 0 Å². The Kier molecular flexibility index (Phi) is 5.63. The molecule has 1 aromatic heterocycles. The maximum atomic E-state index is 12.8. The molecule has 0 radical (unpaired) electrons. The van der Waals surface area contributed by atoms with Crippen molar-refractivity contribution in [3.63, 3.8) is 0 Å². The van der Waals surface area contributed by atoms with Gasteiger partial charge in [0.05, 0.1) is 24.2 Å².